The second kappa shape index (κ2) is 12.0. The van der Waals surface area contributed by atoms with E-state index in [0.29, 0.717) is 29.2 Å². The lowest BCUT2D eigenvalue weighted by atomic mass is 10.1. The Morgan fingerprint density at radius 1 is 0.844 bits per heavy atom. The smallest absolute Gasteiger partial charge is 0.253 e. The normalized spacial score (nSPS) is 10.3. The van der Waals surface area contributed by atoms with E-state index in [0.717, 1.165) is 17.5 Å². The first-order valence-corrected chi connectivity index (χ1v) is 11.1. The first-order chi connectivity index (χ1) is 15.5. The second-order valence-electron chi connectivity index (χ2n) is 7.13. The topological polar surface area (TPSA) is 70.2 Å². The number of halogens is 1. The number of carbonyl (C=O) groups excluding carboxylic acids is 2. The van der Waals surface area contributed by atoms with Crippen LogP contribution >= 0.6 is 23.8 Å². The summed E-state index contributed by atoms with van der Waals surface area (Å²) < 4.78 is 0. The lowest BCUT2D eigenvalue weighted by molar-refractivity contribution is -0.119. The zero-order valence-corrected chi connectivity index (χ0v) is 19.0. The van der Waals surface area contributed by atoms with Crippen molar-refractivity contribution in [3.63, 3.8) is 0 Å². The average Bonchev–Trinajstić information content (AvgIpc) is 2.79. The summed E-state index contributed by atoms with van der Waals surface area (Å²) in [4.78, 5) is 24.9. The summed E-state index contributed by atoms with van der Waals surface area (Å²) in [5.74, 6) is -0.441. The van der Waals surface area contributed by atoms with Crippen molar-refractivity contribution >= 4 is 46.4 Å². The van der Waals surface area contributed by atoms with E-state index in [-0.39, 0.29) is 23.3 Å². The molecule has 3 N–H and O–H groups in total. The molecule has 0 unspecified atom stereocenters. The third-order valence-electron chi connectivity index (χ3n) is 4.79. The number of carbonyl (C=O) groups is 2. The minimum atomic E-state index is -0.229. The van der Waals surface area contributed by atoms with Gasteiger partial charge in [-0.3, -0.25) is 9.59 Å². The van der Waals surface area contributed by atoms with E-state index in [1.165, 1.54) is 0 Å². The zero-order valence-electron chi connectivity index (χ0n) is 17.4. The number of nitrogens with one attached hydrogen (secondary N) is 3. The third-order valence-corrected chi connectivity index (χ3v) is 5.37. The average molecular weight is 466 g/mol. The molecule has 0 saturated heterocycles. The van der Waals surface area contributed by atoms with Gasteiger partial charge in [-0.1, -0.05) is 72.3 Å². The van der Waals surface area contributed by atoms with Crippen molar-refractivity contribution in [2.45, 2.75) is 19.3 Å². The molecular weight excluding hydrogens is 442 g/mol. The number of para-hydroxylation sites is 1. The summed E-state index contributed by atoms with van der Waals surface area (Å²) in [6.07, 6.45) is 1.49. The molecule has 0 aliphatic rings. The number of hydrogen-bond donors (Lipinski definition) is 3. The molecule has 0 aromatic heterocycles. The van der Waals surface area contributed by atoms with Gasteiger partial charge in [0.2, 0.25) is 5.91 Å². The predicted octanol–water partition coefficient (Wildman–Crippen LogP) is 4.76. The summed E-state index contributed by atoms with van der Waals surface area (Å²) in [5.41, 5.74) is 3.04. The predicted molar refractivity (Wildman–Crippen MR) is 133 cm³/mol. The molecular formula is C25H24ClN3O2S. The second-order valence-corrected chi connectivity index (χ2v) is 7.95. The van der Waals surface area contributed by atoms with Gasteiger partial charge in [-0.25, -0.2) is 0 Å². The van der Waals surface area contributed by atoms with Crippen LogP contribution in [-0.2, 0) is 17.6 Å². The molecule has 0 bridgehead atoms. The van der Waals surface area contributed by atoms with E-state index in [1.54, 1.807) is 30.3 Å². The molecule has 164 valence electrons. The van der Waals surface area contributed by atoms with Crippen LogP contribution in [0, 0.1) is 0 Å². The summed E-state index contributed by atoms with van der Waals surface area (Å²) >= 11 is 11.4. The monoisotopic (exact) mass is 465 g/mol. The van der Waals surface area contributed by atoms with E-state index in [1.807, 2.05) is 48.5 Å². The molecule has 0 atom stereocenters. The minimum Gasteiger partial charge on any atom is -0.352 e. The maximum absolute atomic E-state index is 12.7. The lowest BCUT2D eigenvalue weighted by Gasteiger charge is -2.14. The highest BCUT2D eigenvalue weighted by Gasteiger charge is 2.13. The largest absolute Gasteiger partial charge is 0.352 e. The third kappa shape index (κ3) is 7.18. The van der Waals surface area contributed by atoms with Crippen molar-refractivity contribution < 1.29 is 9.59 Å². The van der Waals surface area contributed by atoms with Crippen LogP contribution in [0.5, 0.6) is 0 Å². The fraction of sp³-hybridized carbons (Fsp3) is 0.160. The molecule has 0 aliphatic carbocycles. The molecule has 5 nitrogen and oxygen atoms in total. The summed E-state index contributed by atoms with van der Waals surface area (Å²) in [5, 5.41) is 9.30. The van der Waals surface area contributed by atoms with Gasteiger partial charge in [0.1, 0.15) is 0 Å². The van der Waals surface area contributed by atoms with E-state index >= 15 is 0 Å². The molecule has 3 rings (SSSR count). The van der Waals surface area contributed by atoms with Gasteiger partial charge in [0.05, 0.1) is 11.3 Å². The van der Waals surface area contributed by atoms with Crippen molar-refractivity contribution in [2.75, 3.05) is 11.9 Å². The first-order valence-electron chi connectivity index (χ1n) is 10.3. The highest BCUT2D eigenvalue weighted by atomic mass is 35.5. The quantitative estimate of drug-likeness (QED) is 0.419. The Bertz CT molecular complexity index is 1090. The lowest BCUT2D eigenvalue weighted by Crippen LogP contribution is -2.35. The van der Waals surface area contributed by atoms with E-state index in [9.17, 15) is 9.59 Å². The summed E-state index contributed by atoms with van der Waals surface area (Å²) in [6.45, 7) is 0.514. The van der Waals surface area contributed by atoms with E-state index in [4.69, 9.17) is 23.8 Å². The van der Waals surface area contributed by atoms with Gasteiger partial charge in [-0.05, 0) is 54.4 Å². The molecule has 0 saturated carbocycles. The fourth-order valence-electron chi connectivity index (χ4n) is 3.14. The number of amides is 2. The van der Waals surface area contributed by atoms with Crippen molar-refractivity contribution in [3.05, 3.63) is 101 Å². The van der Waals surface area contributed by atoms with Gasteiger partial charge < -0.3 is 16.0 Å². The molecule has 2 amide bonds. The Hall–Kier alpha value is -3.22. The molecule has 0 spiro atoms. The fourth-order valence-corrected chi connectivity index (χ4v) is 3.60. The van der Waals surface area contributed by atoms with Crippen LogP contribution in [0.4, 0.5) is 5.69 Å². The molecule has 7 heteroatoms. The highest BCUT2D eigenvalue weighted by molar-refractivity contribution is 7.80. The van der Waals surface area contributed by atoms with Crippen molar-refractivity contribution in [1.29, 1.82) is 0 Å². The standard InChI is InChI=1S/C25H24ClN3O2S/c26-21-12-6-4-10-19(21)14-15-23(30)29-25(32)28-22-13-7-5-11-20(22)24(31)27-17-16-18-8-2-1-3-9-18/h1-13H,14-17H2,(H,27,31)(H2,28,29,30,32). The Labute approximate surface area is 198 Å². The SMILES string of the molecule is O=C(CCc1ccccc1Cl)NC(=S)Nc1ccccc1C(=O)NCCc1ccccc1. The molecule has 32 heavy (non-hydrogen) atoms. The van der Waals surface area contributed by atoms with Gasteiger partial charge >= 0.3 is 0 Å². The van der Waals surface area contributed by atoms with Crippen LogP contribution in [0.15, 0.2) is 78.9 Å². The Morgan fingerprint density at radius 2 is 1.53 bits per heavy atom. The van der Waals surface area contributed by atoms with Gasteiger partial charge in [-0.2, -0.15) is 0 Å². The molecule has 0 aliphatic heterocycles. The summed E-state index contributed by atoms with van der Waals surface area (Å²) in [7, 11) is 0. The van der Waals surface area contributed by atoms with E-state index < -0.39 is 0 Å². The number of benzene rings is 3. The van der Waals surface area contributed by atoms with Crippen LogP contribution in [0.25, 0.3) is 0 Å². The van der Waals surface area contributed by atoms with Gasteiger partial charge in [0, 0.05) is 18.0 Å². The van der Waals surface area contributed by atoms with Crippen LogP contribution < -0.4 is 16.0 Å². The van der Waals surface area contributed by atoms with Crippen LogP contribution in [-0.4, -0.2) is 23.5 Å². The molecule has 3 aromatic rings. The molecule has 0 radical (unpaired) electrons. The van der Waals surface area contributed by atoms with Crippen LogP contribution in [0.2, 0.25) is 5.02 Å². The number of anilines is 1. The Balaban J connectivity index is 1.51. The van der Waals surface area contributed by atoms with Gasteiger partial charge in [-0.15, -0.1) is 0 Å². The summed E-state index contributed by atoms with van der Waals surface area (Å²) in [6, 6.07) is 24.4. The van der Waals surface area contributed by atoms with Crippen LogP contribution in [0.3, 0.4) is 0 Å². The molecule has 3 aromatic carbocycles. The number of thiocarbonyl (C=S) groups is 1. The van der Waals surface area contributed by atoms with Crippen molar-refractivity contribution in [2.24, 2.45) is 0 Å². The Kier molecular flexibility index (Phi) is 8.78. The maximum Gasteiger partial charge on any atom is 0.253 e. The van der Waals surface area contributed by atoms with Crippen LogP contribution in [0.1, 0.15) is 27.9 Å². The Morgan fingerprint density at radius 3 is 2.31 bits per heavy atom. The zero-order chi connectivity index (χ0) is 22.8. The molecule has 0 fully saturated rings. The van der Waals surface area contributed by atoms with Crippen molar-refractivity contribution in [3.8, 4) is 0 Å². The van der Waals surface area contributed by atoms with Gasteiger partial charge in [0.15, 0.2) is 5.11 Å². The first kappa shape index (κ1) is 23.4. The number of hydrogen-bond acceptors (Lipinski definition) is 3. The highest BCUT2D eigenvalue weighted by Crippen LogP contribution is 2.17. The number of aryl methyl sites for hydroxylation is 1. The maximum atomic E-state index is 12.7. The van der Waals surface area contributed by atoms with Gasteiger partial charge in [0.25, 0.3) is 5.91 Å². The van der Waals surface area contributed by atoms with E-state index in [2.05, 4.69) is 16.0 Å². The minimum absolute atomic E-state index is 0.138. The number of rotatable bonds is 8. The molecule has 0 heterocycles. The van der Waals surface area contributed by atoms with Crippen molar-refractivity contribution in [1.82, 2.24) is 10.6 Å².